The summed E-state index contributed by atoms with van der Waals surface area (Å²) in [6.45, 7) is -0.0424. The normalized spacial score (nSPS) is 10.7. The van der Waals surface area contributed by atoms with Crippen molar-refractivity contribution in [3.8, 4) is 5.75 Å². The summed E-state index contributed by atoms with van der Waals surface area (Å²) >= 11 is 0. The Morgan fingerprint density at radius 3 is 2.65 bits per heavy atom. The molecule has 20 heavy (non-hydrogen) atoms. The molecular weight excluding hydrogens is 260 g/mol. The van der Waals surface area contributed by atoms with Gasteiger partial charge in [-0.1, -0.05) is 30.3 Å². The Bertz CT molecular complexity index is 753. The number of para-hydroxylation sites is 1. The molecule has 0 saturated carbocycles. The average Bonchev–Trinajstić information content (AvgIpc) is 2.49. The number of fused-ring (bicyclic) bond motifs is 1. The summed E-state index contributed by atoms with van der Waals surface area (Å²) in [5, 5.41) is 0.935. The molecule has 1 heterocycles. The number of hydrogen-bond donors (Lipinski definition) is 0. The highest BCUT2D eigenvalue weighted by molar-refractivity contribution is 5.84. The molecule has 2 nitrogen and oxygen atoms in total. The maximum absolute atomic E-state index is 13.5. The van der Waals surface area contributed by atoms with Gasteiger partial charge in [-0.05, 0) is 18.2 Å². The highest BCUT2D eigenvalue weighted by Crippen LogP contribution is 2.24. The first-order valence-corrected chi connectivity index (χ1v) is 6.15. The number of benzene rings is 2. The third-order valence-electron chi connectivity index (χ3n) is 3.01. The topological polar surface area (TPSA) is 22.1 Å². The van der Waals surface area contributed by atoms with E-state index in [1.54, 1.807) is 12.3 Å². The maximum atomic E-state index is 13.5. The van der Waals surface area contributed by atoms with Crippen molar-refractivity contribution in [1.82, 2.24) is 4.98 Å². The molecule has 4 heteroatoms. The summed E-state index contributed by atoms with van der Waals surface area (Å²) in [4.78, 5) is 4.24. The van der Waals surface area contributed by atoms with Crippen molar-refractivity contribution in [2.75, 3.05) is 0 Å². The first-order chi connectivity index (χ1) is 9.75. The fourth-order valence-corrected chi connectivity index (χ4v) is 2.01. The Morgan fingerprint density at radius 1 is 0.950 bits per heavy atom. The van der Waals surface area contributed by atoms with E-state index in [1.165, 1.54) is 12.1 Å². The molecule has 0 aliphatic carbocycles. The molecule has 1 aromatic heterocycles. The quantitative estimate of drug-likeness (QED) is 0.715. The molecule has 0 amide bonds. The van der Waals surface area contributed by atoms with Crippen LogP contribution in [-0.4, -0.2) is 4.98 Å². The van der Waals surface area contributed by atoms with Gasteiger partial charge in [-0.15, -0.1) is 0 Å². The minimum absolute atomic E-state index is 0.0424. The number of ether oxygens (including phenoxy) is 1. The van der Waals surface area contributed by atoms with Crippen LogP contribution in [0.3, 0.4) is 0 Å². The maximum Gasteiger partial charge on any atom is 0.165 e. The van der Waals surface area contributed by atoms with E-state index in [9.17, 15) is 8.78 Å². The second-order valence-electron chi connectivity index (χ2n) is 4.33. The predicted octanol–water partition coefficient (Wildman–Crippen LogP) is 4.09. The van der Waals surface area contributed by atoms with Crippen LogP contribution in [0.5, 0.6) is 5.75 Å². The van der Waals surface area contributed by atoms with Gasteiger partial charge in [-0.3, -0.25) is 4.98 Å². The second-order valence-corrected chi connectivity index (χ2v) is 4.33. The van der Waals surface area contributed by atoms with Crippen LogP contribution in [0.1, 0.15) is 5.56 Å². The van der Waals surface area contributed by atoms with E-state index in [1.807, 2.05) is 24.3 Å². The minimum atomic E-state index is -0.874. The average molecular weight is 271 g/mol. The highest BCUT2D eigenvalue weighted by atomic mass is 19.2. The molecule has 3 aromatic rings. The van der Waals surface area contributed by atoms with Crippen molar-refractivity contribution < 1.29 is 13.5 Å². The predicted molar refractivity (Wildman–Crippen MR) is 72.4 cm³/mol. The third-order valence-corrected chi connectivity index (χ3v) is 3.01. The number of rotatable bonds is 3. The fraction of sp³-hybridized carbons (Fsp3) is 0.0625. The second kappa shape index (κ2) is 5.25. The van der Waals surface area contributed by atoms with E-state index in [4.69, 9.17) is 4.74 Å². The molecule has 100 valence electrons. The Balaban J connectivity index is 1.89. The lowest BCUT2D eigenvalue weighted by atomic mass is 10.2. The smallest absolute Gasteiger partial charge is 0.165 e. The Labute approximate surface area is 114 Å². The number of hydrogen-bond acceptors (Lipinski definition) is 2. The van der Waals surface area contributed by atoms with E-state index >= 15 is 0 Å². The van der Waals surface area contributed by atoms with E-state index in [2.05, 4.69) is 4.98 Å². The van der Waals surface area contributed by atoms with Gasteiger partial charge in [-0.2, -0.15) is 0 Å². The SMILES string of the molecule is Fc1cccc(COc2cccc3cccnc23)c1F. The highest BCUT2D eigenvalue weighted by Gasteiger charge is 2.09. The van der Waals surface area contributed by atoms with Gasteiger partial charge in [0.1, 0.15) is 17.9 Å². The fourth-order valence-electron chi connectivity index (χ4n) is 2.01. The minimum Gasteiger partial charge on any atom is -0.487 e. The van der Waals surface area contributed by atoms with Gasteiger partial charge in [-0.25, -0.2) is 8.78 Å². The van der Waals surface area contributed by atoms with Crippen molar-refractivity contribution in [2.24, 2.45) is 0 Å². The van der Waals surface area contributed by atoms with Crippen molar-refractivity contribution in [2.45, 2.75) is 6.61 Å². The molecule has 0 unspecified atom stereocenters. The van der Waals surface area contributed by atoms with E-state index in [-0.39, 0.29) is 12.2 Å². The Hall–Kier alpha value is -2.49. The molecule has 0 aliphatic rings. The van der Waals surface area contributed by atoms with Gasteiger partial charge in [0.05, 0.1) is 0 Å². The number of pyridine rings is 1. The molecule has 0 bridgehead atoms. The van der Waals surface area contributed by atoms with Gasteiger partial charge in [0.25, 0.3) is 0 Å². The van der Waals surface area contributed by atoms with E-state index in [0.29, 0.717) is 11.3 Å². The van der Waals surface area contributed by atoms with Gasteiger partial charge >= 0.3 is 0 Å². The molecule has 0 radical (unpaired) electrons. The summed E-state index contributed by atoms with van der Waals surface area (Å²) in [5.41, 5.74) is 0.879. The summed E-state index contributed by atoms with van der Waals surface area (Å²) in [7, 11) is 0. The van der Waals surface area contributed by atoms with Crippen LogP contribution < -0.4 is 4.74 Å². The van der Waals surface area contributed by atoms with Crippen molar-refractivity contribution >= 4 is 10.9 Å². The van der Waals surface area contributed by atoms with Crippen LogP contribution >= 0.6 is 0 Å². The lowest BCUT2D eigenvalue weighted by Crippen LogP contribution is -2.01. The van der Waals surface area contributed by atoms with Crippen molar-refractivity contribution in [1.29, 1.82) is 0 Å². The zero-order chi connectivity index (χ0) is 13.9. The Kier molecular flexibility index (Phi) is 3.29. The summed E-state index contributed by atoms with van der Waals surface area (Å²) in [5.74, 6) is -1.20. The number of aromatic nitrogens is 1. The van der Waals surface area contributed by atoms with E-state index < -0.39 is 11.6 Å². The zero-order valence-corrected chi connectivity index (χ0v) is 10.5. The molecule has 2 aromatic carbocycles. The van der Waals surface area contributed by atoms with Gasteiger partial charge in [0.15, 0.2) is 11.6 Å². The monoisotopic (exact) mass is 271 g/mol. The molecular formula is C16H11F2NO. The van der Waals surface area contributed by atoms with Gasteiger partial charge in [0, 0.05) is 17.1 Å². The van der Waals surface area contributed by atoms with Crippen LogP contribution in [0.4, 0.5) is 8.78 Å². The lowest BCUT2D eigenvalue weighted by molar-refractivity contribution is 0.300. The summed E-state index contributed by atoms with van der Waals surface area (Å²) in [6.07, 6.45) is 1.66. The van der Waals surface area contributed by atoms with E-state index in [0.717, 1.165) is 11.5 Å². The van der Waals surface area contributed by atoms with Gasteiger partial charge in [0.2, 0.25) is 0 Å². The first-order valence-electron chi connectivity index (χ1n) is 6.15. The van der Waals surface area contributed by atoms with Crippen LogP contribution in [0.2, 0.25) is 0 Å². The number of nitrogens with zero attached hydrogens (tertiary/aromatic N) is 1. The first kappa shape index (κ1) is 12.5. The standard InChI is InChI=1S/C16H11F2NO/c17-13-7-1-5-12(15(13)18)10-20-14-8-2-4-11-6-3-9-19-16(11)14/h1-9H,10H2. The molecule has 0 spiro atoms. The van der Waals surface area contributed by atoms with Gasteiger partial charge < -0.3 is 4.74 Å². The van der Waals surface area contributed by atoms with Crippen LogP contribution in [0.25, 0.3) is 10.9 Å². The summed E-state index contributed by atoms with van der Waals surface area (Å²) in [6, 6.07) is 13.3. The van der Waals surface area contributed by atoms with Crippen LogP contribution in [0, 0.1) is 11.6 Å². The molecule has 0 aliphatic heterocycles. The molecule has 0 N–H and O–H groups in total. The van der Waals surface area contributed by atoms with Crippen LogP contribution in [-0.2, 0) is 6.61 Å². The zero-order valence-electron chi connectivity index (χ0n) is 10.5. The third kappa shape index (κ3) is 2.32. The van der Waals surface area contributed by atoms with Crippen molar-refractivity contribution in [3.05, 3.63) is 71.9 Å². The van der Waals surface area contributed by atoms with Crippen molar-refractivity contribution in [3.63, 3.8) is 0 Å². The molecule has 0 saturated heterocycles. The largest absolute Gasteiger partial charge is 0.487 e. The molecule has 0 atom stereocenters. The number of halogens is 2. The lowest BCUT2D eigenvalue weighted by Gasteiger charge is -2.09. The molecule has 0 fully saturated rings. The summed E-state index contributed by atoms with van der Waals surface area (Å²) < 4.78 is 32.2. The van der Waals surface area contributed by atoms with Crippen LogP contribution in [0.15, 0.2) is 54.7 Å². The Morgan fingerprint density at radius 2 is 1.75 bits per heavy atom. The molecule has 3 rings (SSSR count).